The van der Waals surface area contributed by atoms with Crippen molar-refractivity contribution < 1.29 is 14.6 Å². The van der Waals surface area contributed by atoms with Gasteiger partial charge in [0.2, 0.25) is 0 Å². The Labute approximate surface area is 211 Å². The Balaban J connectivity index is 1.45. The zero-order chi connectivity index (χ0) is 24.5. The third kappa shape index (κ3) is 4.41. The Morgan fingerprint density at radius 2 is 1.86 bits per heavy atom. The summed E-state index contributed by atoms with van der Waals surface area (Å²) in [5.41, 5.74) is 11.7. The number of nitrogens with two attached hydrogens (primary N) is 1. The minimum absolute atomic E-state index is 0.00617. The fourth-order valence-electron chi connectivity index (χ4n) is 5.01. The van der Waals surface area contributed by atoms with Crippen molar-refractivity contribution in [2.24, 2.45) is 5.92 Å². The van der Waals surface area contributed by atoms with Gasteiger partial charge in [-0.3, -0.25) is 4.98 Å². The van der Waals surface area contributed by atoms with Crippen LogP contribution in [0.4, 0.5) is 5.82 Å². The Kier molecular flexibility index (Phi) is 6.53. The standard InChI is InChI=1S/C26H26BrN5O3/c1-35-23(26(33)34)17-9-7-16(8-10-17)22-21(27)24(28)32-25(31-22)19(14-30-32)18-11-12-20(29-13-18)15-5-3-2-4-6-15/h2-6,11-14,16-17,23H,7-10,28H2,1H3,(H,33,34)/t16-,17-,23?. The van der Waals surface area contributed by atoms with Crippen LogP contribution in [0.3, 0.4) is 0 Å². The van der Waals surface area contributed by atoms with E-state index in [4.69, 9.17) is 15.5 Å². The van der Waals surface area contributed by atoms with Gasteiger partial charge in [-0.1, -0.05) is 36.4 Å². The Morgan fingerprint density at radius 3 is 2.49 bits per heavy atom. The number of aromatic nitrogens is 4. The molecule has 0 radical (unpaired) electrons. The number of ether oxygens (including phenoxy) is 1. The molecule has 1 unspecified atom stereocenters. The van der Waals surface area contributed by atoms with E-state index in [9.17, 15) is 9.90 Å². The van der Waals surface area contributed by atoms with Crippen molar-refractivity contribution in [3.8, 4) is 22.4 Å². The number of rotatable bonds is 6. The van der Waals surface area contributed by atoms with Crippen LogP contribution < -0.4 is 5.73 Å². The number of anilines is 1. The minimum atomic E-state index is -0.906. The number of aliphatic carboxylic acids is 1. The molecule has 180 valence electrons. The van der Waals surface area contributed by atoms with E-state index in [1.54, 1.807) is 10.7 Å². The molecule has 3 aromatic heterocycles. The smallest absolute Gasteiger partial charge is 0.333 e. The van der Waals surface area contributed by atoms with E-state index in [2.05, 4.69) is 26.0 Å². The lowest BCUT2D eigenvalue weighted by Gasteiger charge is -2.31. The first kappa shape index (κ1) is 23.4. The Morgan fingerprint density at radius 1 is 1.11 bits per heavy atom. The van der Waals surface area contributed by atoms with Gasteiger partial charge in [0.1, 0.15) is 5.82 Å². The van der Waals surface area contributed by atoms with Gasteiger partial charge < -0.3 is 15.6 Å². The van der Waals surface area contributed by atoms with Crippen molar-refractivity contribution >= 4 is 33.4 Å². The van der Waals surface area contributed by atoms with E-state index in [0.717, 1.165) is 58.2 Å². The zero-order valence-electron chi connectivity index (χ0n) is 19.3. The summed E-state index contributed by atoms with van der Waals surface area (Å²) in [6.45, 7) is 0. The lowest BCUT2D eigenvalue weighted by molar-refractivity contribution is -0.152. The lowest BCUT2D eigenvalue weighted by Crippen LogP contribution is -2.34. The van der Waals surface area contributed by atoms with Crippen LogP contribution in [0, 0.1) is 5.92 Å². The number of carboxylic acids is 1. The predicted octanol–water partition coefficient (Wildman–Crippen LogP) is 5.18. The number of halogens is 1. The van der Waals surface area contributed by atoms with Gasteiger partial charge in [0.25, 0.3) is 0 Å². The van der Waals surface area contributed by atoms with Crippen LogP contribution in [0.25, 0.3) is 28.0 Å². The van der Waals surface area contributed by atoms with Crippen molar-refractivity contribution in [2.75, 3.05) is 12.8 Å². The molecule has 1 aromatic carbocycles. The maximum Gasteiger partial charge on any atom is 0.333 e. The molecule has 1 atom stereocenters. The molecular weight excluding hydrogens is 510 g/mol. The molecule has 8 nitrogen and oxygen atoms in total. The van der Waals surface area contributed by atoms with E-state index in [0.29, 0.717) is 11.5 Å². The first-order chi connectivity index (χ1) is 17.0. The summed E-state index contributed by atoms with van der Waals surface area (Å²) in [6.07, 6.45) is 5.97. The van der Waals surface area contributed by atoms with Gasteiger partial charge >= 0.3 is 5.97 Å². The highest BCUT2D eigenvalue weighted by Gasteiger charge is 2.34. The number of pyridine rings is 1. The monoisotopic (exact) mass is 535 g/mol. The summed E-state index contributed by atoms with van der Waals surface area (Å²) < 4.78 is 7.60. The van der Waals surface area contributed by atoms with E-state index >= 15 is 0 Å². The van der Waals surface area contributed by atoms with Crippen LogP contribution in [0.1, 0.15) is 37.3 Å². The number of carboxylic acid groups (broad SMARTS) is 1. The third-order valence-corrected chi connectivity index (χ3v) is 7.69. The molecule has 1 aliphatic carbocycles. The summed E-state index contributed by atoms with van der Waals surface area (Å²) in [5, 5.41) is 13.9. The number of methoxy groups -OCH3 is 1. The van der Waals surface area contributed by atoms with Crippen molar-refractivity contribution in [1.29, 1.82) is 0 Å². The average Bonchev–Trinajstić information content (AvgIpc) is 3.32. The molecule has 3 heterocycles. The first-order valence-corrected chi connectivity index (χ1v) is 12.4. The number of fused-ring (bicyclic) bond motifs is 1. The summed E-state index contributed by atoms with van der Waals surface area (Å²) in [7, 11) is 1.46. The third-order valence-electron chi connectivity index (χ3n) is 6.88. The molecule has 1 fully saturated rings. The van der Waals surface area contributed by atoms with Crippen LogP contribution in [0.15, 0.2) is 59.3 Å². The van der Waals surface area contributed by atoms with Crippen LogP contribution in [0.2, 0.25) is 0 Å². The summed E-state index contributed by atoms with van der Waals surface area (Å²) in [4.78, 5) is 21.1. The molecule has 35 heavy (non-hydrogen) atoms. The Bertz CT molecular complexity index is 1350. The molecule has 0 saturated heterocycles. The molecule has 1 aliphatic rings. The maximum atomic E-state index is 11.5. The van der Waals surface area contributed by atoms with E-state index in [-0.39, 0.29) is 11.8 Å². The molecule has 1 saturated carbocycles. The Hall–Kier alpha value is -3.30. The second-order valence-corrected chi connectivity index (χ2v) is 9.69. The summed E-state index contributed by atoms with van der Waals surface area (Å²) >= 11 is 3.64. The molecule has 3 N–H and O–H groups in total. The van der Waals surface area contributed by atoms with Crippen LogP contribution >= 0.6 is 15.9 Å². The van der Waals surface area contributed by atoms with E-state index < -0.39 is 12.1 Å². The number of nitrogens with zero attached hydrogens (tertiary/aromatic N) is 4. The normalized spacial score (nSPS) is 19.0. The second-order valence-electron chi connectivity index (χ2n) is 8.89. The number of nitrogen functional groups attached to an aromatic ring is 1. The molecule has 0 bridgehead atoms. The zero-order valence-corrected chi connectivity index (χ0v) is 20.9. The molecule has 4 aromatic rings. The van der Waals surface area contributed by atoms with Gasteiger partial charge in [-0.15, -0.1) is 0 Å². The van der Waals surface area contributed by atoms with Gasteiger partial charge in [-0.2, -0.15) is 9.61 Å². The van der Waals surface area contributed by atoms with Crippen LogP contribution in [-0.4, -0.2) is 43.9 Å². The molecule has 0 amide bonds. The SMILES string of the molecule is COC(C(=O)O)[C@H]1CC[C@H](c2nc3c(-c4ccc(-c5ccccc5)nc4)cnn3c(N)c2Br)CC1. The van der Waals surface area contributed by atoms with E-state index in [1.165, 1.54) is 7.11 Å². The lowest BCUT2D eigenvalue weighted by atomic mass is 9.78. The largest absolute Gasteiger partial charge is 0.479 e. The number of benzene rings is 1. The van der Waals surface area contributed by atoms with Crippen LogP contribution in [-0.2, 0) is 9.53 Å². The number of hydrogen-bond acceptors (Lipinski definition) is 6. The minimum Gasteiger partial charge on any atom is -0.479 e. The predicted molar refractivity (Wildman–Crippen MR) is 137 cm³/mol. The van der Waals surface area contributed by atoms with Crippen molar-refractivity contribution in [2.45, 2.75) is 37.7 Å². The van der Waals surface area contributed by atoms with Crippen LogP contribution in [0.5, 0.6) is 0 Å². The van der Waals surface area contributed by atoms with E-state index in [1.807, 2.05) is 48.7 Å². The molecule has 0 aliphatic heterocycles. The van der Waals surface area contributed by atoms with Crippen molar-refractivity contribution in [3.63, 3.8) is 0 Å². The van der Waals surface area contributed by atoms with Crippen molar-refractivity contribution in [1.82, 2.24) is 19.6 Å². The quantitative estimate of drug-likeness (QED) is 0.349. The number of carbonyl (C=O) groups is 1. The fraction of sp³-hybridized carbons (Fsp3) is 0.308. The molecular formula is C26H26BrN5O3. The molecule has 0 spiro atoms. The first-order valence-electron chi connectivity index (χ1n) is 11.6. The topological polar surface area (TPSA) is 116 Å². The van der Waals surface area contributed by atoms with Gasteiger partial charge in [0.15, 0.2) is 11.8 Å². The number of hydrogen-bond donors (Lipinski definition) is 2. The molecule has 5 rings (SSSR count). The van der Waals surface area contributed by atoms with Gasteiger partial charge in [0.05, 0.1) is 22.1 Å². The second kappa shape index (κ2) is 9.75. The average molecular weight is 536 g/mol. The van der Waals surface area contributed by atoms with Gasteiger partial charge in [0, 0.05) is 35.9 Å². The summed E-state index contributed by atoms with van der Waals surface area (Å²) in [5.74, 6) is -0.252. The highest BCUT2D eigenvalue weighted by atomic mass is 79.9. The fourth-order valence-corrected chi connectivity index (χ4v) is 5.59. The van der Waals surface area contributed by atoms with Gasteiger partial charge in [-0.05, 0) is 53.6 Å². The van der Waals surface area contributed by atoms with Crippen molar-refractivity contribution in [3.05, 3.63) is 65.0 Å². The van der Waals surface area contributed by atoms with Gasteiger partial charge in [-0.25, -0.2) is 9.78 Å². The maximum absolute atomic E-state index is 11.5. The summed E-state index contributed by atoms with van der Waals surface area (Å²) in [6, 6.07) is 14.0. The highest BCUT2D eigenvalue weighted by molar-refractivity contribution is 9.10. The molecule has 9 heteroatoms. The highest BCUT2D eigenvalue weighted by Crippen LogP contribution is 2.41.